The molecule has 0 heterocycles. The van der Waals surface area contributed by atoms with Crippen molar-refractivity contribution >= 4 is 0 Å². The maximum atomic E-state index is 9.16. The number of rotatable bonds is 1. The lowest BCUT2D eigenvalue weighted by Gasteiger charge is -2.32. The molecule has 2 unspecified atom stereocenters. The molecule has 0 saturated heterocycles. The zero-order valence-electron chi connectivity index (χ0n) is 7.29. The first kappa shape index (κ1) is 7.60. The van der Waals surface area contributed by atoms with Crippen molar-refractivity contribution in [3.05, 3.63) is 0 Å². The second kappa shape index (κ2) is 2.78. The van der Waals surface area contributed by atoms with Crippen molar-refractivity contribution in [2.45, 2.75) is 32.6 Å². The highest BCUT2D eigenvalue weighted by Gasteiger charge is 2.40. The summed E-state index contributed by atoms with van der Waals surface area (Å²) < 4.78 is 0. The second-order valence-corrected chi connectivity index (χ2v) is 4.52. The van der Waals surface area contributed by atoms with Crippen molar-refractivity contribution in [2.75, 3.05) is 6.61 Å². The third-order valence-electron chi connectivity index (χ3n) is 3.74. The van der Waals surface area contributed by atoms with Gasteiger partial charge in [0.15, 0.2) is 0 Å². The zero-order chi connectivity index (χ0) is 7.84. The maximum Gasteiger partial charge on any atom is 0.0464 e. The lowest BCUT2D eigenvalue weighted by molar-refractivity contribution is 0.104. The molecule has 0 aromatic heterocycles. The maximum absolute atomic E-state index is 9.16. The van der Waals surface area contributed by atoms with E-state index in [9.17, 15) is 0 Å². The van der Waals surface area contributed by atoms with Gasteiger partial charge in [0.2, 0.25) is 0 Å². The lowest BCUT2D eigenvalue weighted by Crippen LogP contribution is -2.27. The first-order chi connectivity index (χ1) is 5.31. The Morgan fingerprint density at radius 3 is 2.18 bits per heavy atom. The van der Waals surface area contributed by atoms with Crippen LogP contribution in [0.2, 0.25) is 0 Å². The standard InChI is InChI=1S/C10H18O/c1-7-4-8-2-3-9(5-7)10(8)6-11/h7-11H,2-6H2,1H3. The molecule has 0 amide bonds. The molecule has 2 aliphatic rings. The van der Waals surface area contributed by atoms with Gasteiger partial charge in [0.05, 0.1) is 0 Å². The summed E-state index contributed by atoms with van der Waals surface area (Å²) in [5, 5.41) is 9.16. The largest absolute Gasteiger partial charge is 0.396 e. The van der Waals surface area contributed by atoms with E-state index in [2.05, 4.69) is 6.92 Å². The summed E-state index contributed by atoms with van der Waals surface area (Å²) in [5.74, 6) is 3.34. The van der Waals surface area contributed by atoms with Crippen molar-refractivity contribution < 1.29 is 5.11 Å². The molecule has 1 heteroatoms. The lowest BCUT2D eigenvalue weighted by atomic mass is 9.74. The zero-order valence-corrected chi connectivity index (χ0v) is 7.29. The van der Waals surface area contributed by atoms with E-state index in [1.54, 1.807) is 0 Å². The predicted molar refractivity (Wildman–Crippen MR) is 45.2 cm³/mol. The topological polar surface area (TPSA) is 20.2 Å². The smallest absolute Gasteiger partial charge is 0.0464 e. The van der Waals surface area contributed by atoms with Crippen LogP contribution in [-0.2, 0) is 0 Å². The number of hydrogen-bond acceptors (Lipinski definition) is 1. The molecule has 1 nitrogen and oxygen atoms in total. The highest BCUT2D eigenvalue weighted by atomic mass is 16.3. The molecule has 11 heavy (non-hydrogen) atoms. The van der Waals surface area contributed by atoms with E-state index in [-0.39, 0.29) is 0 Å². The van der Waals surface area contributed by atoms with E-state index in [0.717, 1.165) is 17.8 Å². The Morgan fingerprint density at radius 2 is 1.73 bits per heavy atom. The van der Waals surface area contributed by atoms with Crippen LogP contribution in [0.25, 0.3) is 0 Å². The first-order valence-corrected chi connectivity index (χ1v) is 4.92. The van der Waals surface area contributed by atoms with Gasteiger partial charge >= 0.3 is 0 Å². The van der Waals surface area contributed by atoms with Crippen molar-refractivity contribution in [1.29, 1.82) is 0 Å². The summed E-state index contributed by atoms with van der Waals surface area (Å²) in [6.07, 6.45) is 5.53. The molecule has 2 saturated carbocycles. The van der Waals surface area contributed by atoms with Crippen LogP contribution in [-0.4, -0.2) is 11.7 Å². The van der Waals surface area contributed by atoms with E-state index in [1.165, 1.54) is 25.7 Å². The molecule has 64 valence electrons. The number of hydrogen-bond donors (Lipinski definition) is 1. The highest BCUT2D eigenvalue weighted by molar-refractivity contribution is 4.90. The van der Waals surface area contributed by atoms with Crippen LogP contribution >= 0.6 is 0 Å². The molecular formula is C10H18O. The van der Waals surface area contributed by atoms with Crippen LogP contribution in [0, 0.1) is 23.7 Å². The third-order valence-corrected chi connectivity index (χ3v) is 3.74. The minimum atomic E-state index is 0.446. The quantitative estimate of drug-likeness (QED) is 0.613. The predicted octanol–water partition coefficient (Wildman–Crippen LogP) is 2.05. The average molecular weight is 154 g/mol. The van der Waals surface area contributed by atoms with E-state index in [0.29, 0.717) is 12.5 Å². The van der Waals surface area contributed by atoms with Gasteiger partial charge in [0, 0.05) is 6.61 Å². The van der Waals surface area contributed by atoms with Crippen molar-refractivity contribution in [3.63, 3.8) is 0 Å². The SMILES string of the molecule is CC1CC2CCC(C1)C2CO. The Kier molecular flexibility index (Phi) is 1.92. The molecule has 2 rings (SSSR count). The van der Waals surface area contributed by atoms with Gasteiger partial charge in [-0.1, -0.05) is 6.92 Å². The van der Waals surface area contributed by atoms with Crippen molar-refractivity contribution in [3.8, 4) is 0 Å². The fourth-order valence-electron chi connectivity index (χ4n) is 3.25. The van der Waals surface area contributed by atoms with Gasteiger partial charge in [-0.25, -0.2) is 0 Å². The van der Waals surface area contributed by atoms with Gasteiger partial charge in [0.25, 0.3) is 0 Å². The van der Waals surface area contributed by atoms with E-state index >= 15 is 0 Å². The Morgan fingerprint density at radius 1 is 1.18 bits per heavy atom. The minimum Gasteiger partial charge on any atom is -0.396 e. The number of fused-ring (bicyclic) bond motifs is 2. The fourth-order valence-corrected chi connectivity index (χ4v) is 3.25. The molecule has 0 radical (unpaired) electrons. The fraction of sp³-hybridized carbons (Fsp3) is 1.00. The van der Waals surface area contributed by atoms with Crippen LogP contribution in [0.5, 0.6) is 0 Å². The summed E-state index contributed by atoms with van der Waals surface area (Å²) in [5.41, 5.74) is 0. The molecular weight excluding hydrogens is 136 g/mol. The molecule has 2 fully saturated rings. The second-order valence-electron chi connectivity index (χ2n) is 4.52. The van der Waals surface area contributed by atoms with Gasteiger partial charge in [-0.3, -0.25) is 0 Å². The molecule has 2 aliphatic carbocycles. The molecule has 1 N–H and O–H groups in total. The molecule has 2 bridgehead atoms. The van der Waals surface area contributed by atoms with E-state index < -0.39 is 0 Å². The third kappa shape index (κ3) is 1.20. The van der Waals surface area contributed by atoms with Crippen LogP contribution in [0.4, 0.5) is 0 Å². The molecule has 0 spiro atoms. The minimum absolute atomic E-state index is 0.446. The Labute approximate surface area is 68.8 Å². The van der Waals surface area contributed by atoms with E-state index in [1.807, 2.05) is 0 Å². The van der Waals surface area contributed by atoms with Crippen LogP contribution in [0.3, 0.4) is 0 Å². The van der Waals surface area contributed by atoms with Crippen LogP contribution in [0.1, 0.15) is 32.6 Å². The molecule has 0 aromatic carbocycles. The molecule has 2 atom stereocenters. The van der Waals surface area contributed by atoms with Crippen LogP contribution < -0.4 is 0 Å². The average Bonchev–Trinajstić information content (AvgIpc) is 2.23. The van der Waals surface area contributed by atoms with Crippen molar-refractivity contribution in [1.82, 2.24) is 0 Å². The summed E-state index contributed by atoms with van der Waals surface area (Å²) in [4.78, 5) is 0. The Hall–Kier alpha value is -0.0400. The normalized spacial score (nSPS) is 49.6. The first-order valence-electron chi connectivity index (χ1n) is 4.92. The Balaban J connectivity index is 2.06. The van der Waals surface area contributed by atoms with Gasteiger partial charge in [-0.15, -0.1) is 0 Å². The summed E-state index contributed by atoms with van der Waals surface area (Å²) in [7, 11) is 0. The van der Waals surface area contributed by atoms with Gasteiger partial charge in [-0.2, -0.15) is 0 Å². The summed E-state index contributed by atoms with van der Waals surface area (Å²) in [6.45, 7) is 2.81. The number of aliphatic hydroxyl groups is 1. The monoisotopic (exact) mass is 154 g/mol. The van der Waals surface area contributed by atoms with Gasteiger partial charge < -0.3 is 5.11 Å². The Bertz CT molecular complexity index is 130. The highest BCUT2D eigenvalue weighted by Crippen LogP contribution is 2.48. The van der Waals surface area contributed by atoms with Gasteiger partial charge in [0.1, 0.15) is 0 Å². The molecule has 0 aromatic rings. The van der Waals surface area contributed by atoms with Crippen molar-refractivity contribution in [2.24, 2.45) is 23.7 Å². The molecule has 0 aliphatic heterocycles. The number of aliphatic hydroxyl groups excluding tert-OH is 1. The van der Waals surface area contributed by atoms with Crippen LogP contribution in [0.15, 0.2) is 0 Å². The summed E-state index contributed by atoms with van der Waals surface area (Å²) >= 11 is 0. The van der Waals surface area contributed by atoms with Gasteiger partial charge in [-0.05, 0) is 49.4 Å². The van der Waals surface area contributed by atoms with E-state index in [4.69, 9.17) is 5.11 Å². The summed E-state index contributed by atoms with van der Waals surface area (Å²) in [6, 6.07) is 0.